The number of rotatable bonds is 10. The third-order valence-corrected chi connectivity index (χ3v) is 5.53. The number of aliphatic carboxylic acids is 1. The number of allylic oxidation sites excluding steroid dienone is 4. The van der Waals surface area contributed by atoms with Crippen LogP contribution in [0.2, 0.25) is 0 Å². The number of carbonyl (C=O) groups is 2. The standard InChI is InChI=1S/C24H39NO5/c1-8-10-11-14-29-23(28)25-13-12-20(16-25)18(4)15-19(5)21(17(3)9-2)30-24(6,7)22(26)27/h9,15,20H,8,10-14,16H2,1-7H3,(H,26,27)/b17-9-,18-15+,21-19+/t20-/m0/s1. The molecule has 0 spiro atoms. The van der Waals surface area contributed by atoms with E-state index in [1.165, 1.54) is 0 Å². The van der Waals surface area contributed by atoms with Gasteiger partial charge >= 0.3 is 12.1 Å². The van der Waals surface area contributed by atoms with E-state index in [1.807, 2.05) is 32.9 Å². The molecule has 0 saturated carbocycles. The molecular weight excluding hydrogens is 382 g/mol. The molecule has 1 rings (SSSR count). The van der Waals surface area contributed by atoms with Crippen molar-refractivity contribution in [2.45, 2.75) is 79.8 Å². The van der Waals surface area contributed by atoms with E-state index < -0.39 is 11.6 Å². The second-order valence-electron chi connectivity index (χ2n) is 8.54. The van der Waals surface area contributed by atoms with Crippen LogP contribution in [-0.4, -0.2) is 47.4 Å². The first-order chi connectivity index (χ1) is 14.0. The molecule has 1 amide bonds. The molecule has 1 atom stereocenters. The summed E-state index contributed by atoms with van der Waals surface area (Å²) in [5.74, 6) is -0.182. The number of ether oxygens (including phenoxy) is 2. The molecular formula is C24H39NO5. The minimum absolute atomic E-state index is 0.231. The number of carboxylic acids is 1. The van der Waals surface area contributed by atoms with E-state index in [2.05, 4.69) is 13.8 Å². The van der Waals surface area contributed by atoms with Crippen molar-refractivity contribution < 1.29 is 24.2 Å². The molecule has 0 aromatic rings. The molecule has 0 bridgehead atoms. The largest absolute Gasteiger partial charge is 0.478 e. The van der Waals surface area contributed by atoms with Crippen LogP contribution in [0.5, 0.6) is 0 Å². The molecule has 6 nitrogen and oxygen atoms in total. The Hall–Kier alpha value is -2.24. The van der Waals surface area contributed by atoms with Crippen LogP contribution in [-0.2, 0) is 14.3 Å². The van der Waals surface area contributed by atoms with Gasteiger partial charge in [-0.15, -0.1) is 0 Å². The quantitative estimate of drug-likeness (QED) is 0.278. The molecule has 30 heavy (non-hydrogen) atoms. The van der Waals surface area contributed by atoms with E-state index in [4.69, 9.17) is 9.47 Å². The van der Waals surface area contributed by atoms with Crippen LogP contribution < -0.4 is 0 Å². The lowest BCUT2D eigenvalue weighted by Crippen LogP contribution is -2.34. The Morgan fingerprint density at radius 2 is 1.87 bits per heavy atom. The fourth-order valence-electron chi connectivity index (χ4n) is 3.33. The van der Waals surface area contributed by atoms with Crippen molar-refractivity contribution in [2.75, 3.05) is 19.7 Å². The van der Waals surface area contributed by atoms with E-state index in [0.717, 1.165) is 42.4 Å². The summed E-state index contributed by atoms with van der Waals surface area (Å²) in [4.78, 5) is 25.5. The second-order valence-corrected chi connectivity index (χ2v) is 8.54. The molecule has 1 heterocycles. The summed E-state index contributed by atoms with van der Waals surface area (Å²) in [6, 6.07) is 0. The van der Waals surface area contributed by atoms with Gasteiger partial charge in [-0.25, -0.2) is 9.59 Å². The summed E-state index contributed by atoms with van der Waals surface area (Å²) in [6.45, 7) is 14.8. The fraction of sp³-hybridized carbons (Fsp3) is 0.667. The van der Waals surface area contributed by atoms with Crippen LogP contribution in [0.15, 0.2) is 34.6 Å². The molecule has 0 unspecified atom stereocenters. The molecule has 1 aliphatic heterocycles. The van der Waals surface area contributed by atoms with Gasteiger partial charge in [-0.2, -0.15) is 0 Å². The maximum Gasteiger partial charge on any atom is 0.409 e. The first-order valence-electron chi connectivity index (χ1n) is 10.9. The molecule has 6 heteroatoms. The molecule has 0 aliphatic carbocycles. The molecule has 1 aliphatic rings. The smallest absolute Gasteiger partial charge is 0.409 e. The lowest BCUT2D eigenvalue weighted by Gasteiger charge is -2.25. The lowest BCUT2D eigenvalue weighted by atomic mass is 9.96. The Bertz CT molecular complexity index is 702. The van der Waals surface area contributed by atoms with Gasteiger partial charge in [0.05, 0.1) is 6.61 Å². The zero-order valence-corrected chi connectivity index (χ0v) is 19.7. The molecule has 1 fully saturated rings. The Labute approximate surface area is 181 Å². The van der Waals surface area contributed by atoms with E-state index in [1.54, 1.807) is 18.7 Å². The van der Waals surface area contributed by atoms with Crippen molar-refractivity contribution in [1.82, 2.24) is 4.90 Å². The first-order valence-corrected chi connectivity index (χ1v) is 10.9. The number of carboxylic acid groups (broad SMARTS) is 1. The monoisotopic (exact) mass is 421 g/mol. The predicted octanol–water partition coefficient (Wildman–Crippen LogP) is 5.70. The van der Waals surface area contributed by atoms with Gasteiger partial charge in [-0.3, -0.25) is 0 Å². The molecule has 170 valence electrons. The van der Waals surface area contributed by atoms with Crippen molar-refractivity contribution in [1.29, 1.82) is 0 Å². The van der Waals surface area contributed by atoms with Gasteiger partial charge in [0, 0.05) is 13.1 Å². The van der Waals surface area contributed by atoms with Crippen molar-refractivity contribution >= 4 is 12.1 Å². The van der Waals surface area contributed by atoms with Gasteiger partial charge in [-0.05, 0) is 71.4 Å². The summed E-state index contributed by atoms with van der Waals surface area (Å²) in [7, 11) is 0. The van der Waals surface area contributed by atoms with E-state index in [9.17, 15) is 14.7 Å². The van der Waals surface area contributed by atoms with Gasteiger partial charge in [0.25, 0.3) is 0 Å². The molecule has 1 saturated heterocycles. The lowest BCUT2D eigenvalue weighted by molar-refractivity contribution is -0.156. The van der Waals surface area contributed by atoms with E-state index in [0.29, 0.717) is 25.5 Å². The van der Waals surface area contributed by atoms with Crippen LogP contribution in [0.4, 0.5) is 4.79 Å². The van der Waals surface area contributed by atoms with Crippen LogP contribution in [0, 0.1) is 5.92 Å². The summed E-state index contributed by atoms with van der Waals surface area (Å²) in [5, 5.41) is 9.42. The first kappa shape index (κ1) is 25.8. The number of likely N-dealkylation sites (tertiary alicyclic amines) is 1. The van der Waals surface area contributed by atoms with Gasteiger partial charge in [0.15, 0.2) is 5.60 Å². The summed E-state index contributed by atoms with van der Waals surface area (Å²) >= 11 is 0. The van der Waals surface area contributed by atoms with Crippen LogP contribution in [0.1, 0.15) is 74.1 Å². The van der Waals surface area contributed by atoms with E-state index in [-0.39, 0.29) is 12.0 Å². The fourth-order valence-corrected chi connectivity index (χ4v) is 3.33. The molecule has 0 aromatic heterocycles. The maximum atomic E-state index is 12.2. The average molecular weight is 422 g/mol. The topological polar surface area (TPSA) is 76.1 Å². The summed E-state index contributed by atoms with van der Waals surface area (Å²) < 4.78 is 11.3. The van der Waals surface area contributed by atoms with Crippen molar-refractivity contribution in [3.8, 4) is 0 Å². The third-order valence-electron chi connectivity index (χ3n) is 5.53. The number of unbranched alkanes of at least 4 members (excludes halogenated alkanes) is 2. The minimum atomic E-state index is -1.33. The Kier molecular flexibility index (Phi) is 10.2. The minimum Gasteiger partial charge on any atom is -0.478 e. The van der Waals surface area contributed by atoms with Gasteiger partial charge in [0.2, 0.25) is 0 Å². The highest BCUT2D eigenvalue weighted by Crippen LogP contribution is 2.28. The molecule has 0 radical (unpaired) electrons. The second kappa shape index (κ2) is 11.8. The molecule has 0 aromatic carbocycles. The highest BCUT2D eigenvalue weighted by molar-refractivity contribution is 5.76. The van der Waals surface area contributed by atoms with Crippen LogP contribution in [0.3, 0.4) is 0 Å². The summed E-state index contributed by atoms with van der Waals surface area (Å²) in [6.07, 6.45) is 7.68. The Morgan fingerprint density at radius 3 is 2.43 bits per heavy atom. The predicted molar refractivity (Wildman–Crippen MR) is 119 cm³/mol. The average Bonchev–Trinajstić information content (AvgIpc) is 3.19. The van der Waals surface area contributed by atoms with Crippen LogP contribution in [0.25, 0.3) is 0 Å². The van der Waals surface area contributed by atoms with Gasteiger partial charge in [0.1, 0.15) is 5.76 Å². The maximum absolute atomic E-state index is 12.2. The van der Waals surface area contributed by atoms with E-state index >= 15 is 0 Å². The van der Waals surface area contributed by atoms with Crippen molar-refractivity contribution in [3.63, 3.8) is 0 Å². The molecule has 1 N–H and O–H groups in total. The van der Waals surface area contributed by atoms with Gasteiger partial charge < -0.3 is 19.5 Å². The van der Waals surface area contributed by atoms with Crippen molar-refractivity contribution in [2.24, 2.45) is 5.92 Å². The van der Waals surface area contributed by atoms with Crippen LogP contribution >= 0.6 is 0 Å². The number of carbonyl (C=O) groups excluding carboxylic acids is 1. The Balaban J connectivity index is 2.89. The summed E-state index contributed by atoms with van der Waals surface area (Å²) in [5.41, 5.74) is 1.58. The normalized spacial score (nSPS) is 18.9. The van der Waals surface area contributed by atoms with Crippen molar-refractivity contribution in [3.05, 3.63) is 34.6 Å². The number of amides is 1. The number of hydrogen-bond donors (Lipinski definition) is 1. The Morgan fingerprint density at radius 1 is 1.20 bits per heavy atom. The highest BCUT2D eigenvalue weighted by atomic mass is 16.6. The SMILES string of the molecule is C\C=C(C)/C(OC(C)(C)C(=O)O)=C(C)\C=C(/C)[C@H]1CCN(C(=O)OCCCCC)C1. The third kappa shape index (κ3) is 7.54. The zero-order valence-electron chi connectivity index (χ0n) is 19.7. The number of hydrogen-bond acceptors (Lipinski definition) is 4. The zero-order chi connectivity index (χ0) is 22.9. The number of nitrogens with zero attached hydrogens (tertiary/aromatic N) is 1. The van der Waals surface area contributed by atoms with Gasteiger partial charge in [-0.1, -0.05) is 37.5 Å². The highest BCUT2D eigenvalue weighted by Gasteiger charge is 2.31.